The molecule has 0 heterocycles. The molecule has 0 aromatic heterocycles. The first-order chi connectivity index (χ1) is 10.7. The maximum atomic E-state index is 12.1. The molecule has 0 aliphatic rings. The van der Waals surface area contributed by atoms with Crippen LogP contribution in [0.3, 0.4) is 0 Å². The molecule has 0 fully saturated rings. The average Bonchev–Trinajstić information content (AvgIpc) is 2.48. The van der Waals surface area contributed by atoms with E-state index in [-0.39, 0.29) is 24.9 Å². The van der Waals surface area contributed by atoms with Crippen molar-refractivity contribution >= 4 is 17.5 Å². The van der Waals surface area contributed by atoms with Gasteiger partial charge in [-0.05, 0) is 40.0 Å². The number of hydrogen-bond acceptors (Lipinski definition) is 4. The van der Waals surface area contributed by atoms with Crippen molar-refractivity contribution in [2.24, 2.45) is 0 Å². The van der Waals surface area contributed by atoms with Gasteiger partial charge >= 0.3 is 0 Å². The van der Waals surface area contributed by atoms with Gasteiger partial charge < -0.3 is 10.2 Å². The number of rotatable bonds is 6. The van der Waals surface area contributed by atoms with E-state index >= 15 is 0 Å². The van der Waals surface area contributed by atoms with Crippen molar-refractivity contribution in [1.29, 1.82) is 5.26 Å². The van der Waals surface area contributed by atoms with Gasteiger partial charge in [0, 0.05) is 12.7 Å². The van der Waals surface area contributed by atoms with Crippen LogP contribution >= 0.6 is 0 Å². The highest BCUT2D eigenvalue weighted by molar-refractivity contribution is 5.92. The van der Waals surface area contributed by atoms with Gasteiger partial charge in [-0.25, -0.2) is 0 Å². The zero-order valence-electron chi connectivity index (χ0n) is 14.4. The number of amides is 2. The Bertz CT molecular complexity index is 602. The number of nitriles is 1. The van der Waals surface area contributed by atoms with E-state index in [1.807, 2.05) is 31.2 Å². The third kappa shape index (κ3) is 5.72. The van der Waals surface area contributed by atoms with Crippen LogP contribution in [0.5, 0.6) is 0 Å². The van der Waals surface area contributed by atoms with Gasteiger partial charge in [0.15, 0.2) is 0 Å². The smallest absolute Gasteiger partial charge is 0.238 e. The molecule has 0 saturated carbocycles. The van der Waals surface area contributed by atoms with Crippen molar-refractivity contribution in [3.63, 3.8) is 0 Å². The number of benzene rings is 1. The Morgan fingerprint density at radius 3 is 2.26 bits per heavy atom. The largest absolute Gasteiger partial charge is 0.326 e. The van der Waals surface area contributed by atoms with Crippen LogP contribution in [0.4, 0.5) is 5.69 Å². The van der Waals surface area contributed by atoms with Crippen LogP contribution in [0.25, 0.3) is 0 Å². The van der Waals surface area contributed by atoms with Gasteiger partial charge in [0.05, 0.1) is 19.2 Å². The summed E-state index contributed by atoms with van der Waals surface area (Å²) in [4.78, 5) is 27.1. The summed E-state index contributed by atoms with van der Waals surface area (Å²) in [5.41, 5.74) is 0.971. The molecule has 0 atom stereocenters. The third-order valence-electron chi connectivity index (χ3n) is 3.64. The summed E-state index contributed by atoms with van der Waals surface area (Å²) in [6, 6.07) is 9.59. The van der Waals surface area contributed by atoms with Crippen molar-refractivity contribution in [1.82, 2.24) is 9.80 Å². The van der Waals surface area contributed by atoms with E-state index in [1.54, 1.807) is 32.8 Å². The van der Waals surface area contributed by atoms with E-state index in [0.717, 1.165) is 11.3 Å². The first-order valence-corrected chi connectivity index (χ1v) is 7.38. The lowest BCUT2D eigenvalue weighted by Crippen LogP contribution is -2.48. The highest BCUT2D eigenvalue weighted by Crippen LogP contribution is 2.11. The van der Waals surface area contributed by atoms with E-state index in [0.29, 0.717) is 0 Å². The Balaban J connectivity index is 2.51. The topological polar surface area (TPSA) is 76.4 Å². The molecule has 23 heavy (non-hydrogen) atoms. The summed E-state index contributed by atoms with van der Waals surface area (Å²) in [6.07, 6.45) is 0. The highest BCUT2D eigenvalue weighted by atomic mass is 16.2. The molecular weight excluding hydrogens is 292 g/mol. The van der Waals surface area contributed by atoms with Crippen LogP contribution < -0.4 is 5.32 Å². The second-order valence-electron chi connectivity index (χ2n) is 6.21. The second kappa shape index (κ2) is 7.75. The number of nitrogens with zero attached hydrogens (tertiary/aromatic N) is 3. The second-order valence-corrected chi connectivity index (χ2v) is 6.21. The zero-order valence-corrected chi connectivity index (χ0v) is 14.4. The fourth-order valence-electron chi connectivity index (χ4n) is 1.86. The number of nitrogens with one attached hydrogen (secondary N) is 1. The molecule has 0 bridgehead atoms. The fraction of sp³-hybridized carbons (Fsp3) is 0.471. The maximum absolute atomic E-state index is 12.1. The van der Waals surface area contributed by atoms with Gasteiger partial charge in [-0.1, -0.05) is 17.7 Å². The quantitative estimate of drug-likeness (QED) is 0.865. The van der Waals surface area contributed by atoms with Crippen molar-refractivity contribution in [3.8, 4) is 6.07 Å². The first-order valence-electron chi connectivity index (χ1n) is 7.38. The molecule has 124 valence electrons. The number of likely N-dealkylation sites (N-methyl/N-ethyl adjacent to an activating group) is 2. The van der Waals surface area contributed by atoms with Crippen LogP contribution in [0.2, 0.25) is 0 Å². The molecule has 6 nitrogen and oxygen atoms in total. The lowest BCUT2D eigenvalue weighted by Gasteiger charge is -2.30. The lowest BCUT2D eigenvalue weighted by atomic mass is 10.1. The number of aryl methyl sites for hydroxylation is 1. The van der Waals surface area contributed by atoms with E-state index < -0.39 is 5.54 Å². The van der Waals surface area contributed by atoms with E-state index in [9.17, 15) is 9.59 Å². The van der Waals surface area contributed by atoms with Crippen LogP contribution in [0.1, 0.15) is 19.4 Å². The molecule has 0 aliphatic heterocycles. The van der Waals surface area contributed by atoms with Crippen LogP contribution in [-0.2, 0) is 9.59 Å². The predicted octanol–water partition coefficient (Wildman–Crippen LogP) is 1.63. The lowest BCUT2D eigenvalue weighted by molar-refractivity contribution is -0.134. The molecule has 1 aromatic carbocycles. The summed E-state index contributed by atoms with van der Waals surface area (Å²) in [5.74, 6) is -0.395. The van der Waals surface area contributed by atoms with Crippen LogP contribution in [-0.4, -0.2) is 54.3 Å². The summed E-state index contributed by atoms with van der Waals surface area (Å²) in [7, 11) is 3.28. The molecule has 0 radical (unpaired) electrons. The normalized spacial score (nSPS) is 11.0. The van der Waals surface area contributed by atoms with Gasteiger partial charge in [0.25, 0.3) is 0 Å². The predicted molar refractivity (Wildman–Crippen MR) is 89.8 cm³/mol. The number of hydrogen-bond donors (Lipinski definition) is 1. The molecule has 1 aromatic rings. The average molecular weight is 316 g/mol. The fourth-order valence-corrected chi connectivity index (χ4v) is 1.86. The van der Waals surface area contributed by atoms with Crippen LogP contribution in [0, 0.1) is 18.3 Å². The summed E-state index contributed by atoms with van der Waals surface area (Å²) < 4.78 is 0. The van der Waals surface area contributed by atoms with E-state index in [1.165, 1.54) is 4.90 Å². The number of carbonyl (C=O) groups excluding carboxylic acids is 2. The highest BCUT2D eigenvalue weighted by Gasteiger charge is 2.27. The van der Waals surface area contributed by atoms with Gasteiger partial charge in [-0.15, -0.1) is 0 Å². The molecule has 0 unspecified atom stereocenters. The van der Waals surface area contributed by atoms with E-state index in [4.69, 9.17) is 5.26 Å². The van der Waals surface area contributed by atoms with E-state index in [2.05, 4.69) is 11.4 Å². The molecule has 6 heteroatoms. The van der Waals surface area contributed by atoms with Crippen molar-refractivity contribution in [2.75, 3.05) is 32.5 Å². The Morgan fingerprint density at radius 1 is 1.17 bits per heavy atom. The number of carbonyl (C=O) groups is 2. The Hall–Kier alpha value is -2.39. The van der Waals surface area contributed by atoms with Gasteiger partial charge in [-0.3, -0.25) is 14.5 Å². The molecule has 1 N–H and O–H groups in total. The Kier molecular flexibility index (Phi) is 6.28. The monoisotopic (exact) mass is 316 g/mol. The van der Waals surface area contributed by atoms with Crippen molar-refractivity contribution < 1.29 is 9.59 Å². The van der Waals surface area contributed by atoms with Gasteiger partial charge in [0.2, 0.25) is 11.8 Å². The number of anilines is 1. The van der Waals surface area contributed by atoms with Crippen LogP contribution in [0.15, 0.2) is 24.3 Å². The minimum Gasteiger partial charge on any atom is -0.326 e. The third-order valence-corrected chi connectivity index (χ3v) is 3.64. The SMILES string of the molecule is Cc1ccc(NC(=O)CN(C)CC(=O)N(C)C(C)(C)C#N)cc1. The minimum atomic E-state index is -0.873. The van der Waals surface area contributed by atoms with Crippen molar-refractivity contribution in [2.45, 2.75) is 26.3 Å². The molecule has 0 saturated heterocycles. The molecule has 2 amide bonds. The maximum Gasteiger partial charge on any atom is 0.238 e. The summed E-state index contributed by atoms with van der Waals surface area (Å²) >= 11 is 0. The Labute approximate surface area is 137 Å². The van der Waals surface area contributed by atoms with Gasteiger partial charge in [-0.2, -0.15) is 5.26 Å². The standard InChI is InChI=1S/C17H24N4O2/c1-13-6-8-14(9-7-13)19-15(22)10-20(4)11-16(23)21(5)17(2,3)12-18/h6-9H,10-11H2,1-5H3,(H,19,22). The molecule has 0 aliphatic carbocycles. The van der Waals surface area contributed by atoms with Gasteiger partial charge in [0.1, 0.15) is 5.54 Å². The zero-order chi connectivity index (χ0) is 17.6. The van der Waals surface area contributed by atoms with Crippen molar-refractivity contribution in [3.05, 3.63) is 29.8 Å². The first kappa shape index (κ1) is 18.7. The summed E-state index contributed by atoms with van der Waals surface area (Å²) in [6.45, 7) is 5.50. The minimum absolute atomic E-state index is 0.0723. The Morgan fingerprint density at radius 2 is 1.74 bits per heavy atom. The molecule has 0 spiro atoms. The molecule has 1 rings (SSSR count). The summed E-state index contributed by atoms with van der Waals surface area (Å²) in [5, 5.41) is 11.8. The molecular formula is C17H24N4O2.